The molecule has 0 bridgehead atoms. The van der Waals surface area contributed by atoms with Gasteiger partial charge in [0.05, 0.1) is 6.07 Å². The molecule has 0 saturated heterocycles. The molecule has 0 heterocycles. The van der Waals surface area contributed by atoms with Crippen LogP contribution in [0.3, 0.4) is 0 Å². The van der Waals surface area contributed by atoms with Crippen molar-refractivity contribution in [3.63, 3.8) is 0 Å². The first-order chi connectivity index (χ1) is 11.2. The van der Waals surface area contributed by atoms with E-state index < -0.39 is 23.5 Å². The maximum atomic E-state index is 12.1. The lowest BCUT2D eigenvalue weighted by Crippen LogP contribution is -2.52. The summed E-state index contributed by atoms with van der Waals surface area (Å²) in [7, 11) is 0. The van der Waals surface area contributed by atoms with Gasteiger partial charge >= 0.3 is 5.97 Å². The van der Waals surface area contributed by atoms with Crippen molar-refractivity contribution in [2.75, 3.05) is 0 Å². The highest BCUT2D eigenvalue weighted by molar-refractivity contribution is 6.32. The highest BCUT2D eigenvalue weighted by atomic mass is 35.5. The van der Waals surface area contributed by atoms with Crippen LogP contribution in [-0.4, -0.2) is 23.5 Å². The van der Waals surface area contributed by atoms with Crippen molar-refractivity contribution in [1.82, 2.24) is 5.32 Å². The van der Waals surface area contributed by atoms with Crippen LogP contribution in [0.4, 0.5) is 0 Å². The van der Waals surface area contributed by atoms with Gasteiger partial charge in [-0.05, 0) is 37.5 Å². The Bertz CT molecular complexity index is 679. The summed E-state index contributed by atoms with van der Waals surface area (Å²) in [5, 5.41) is 12.3. The Hall–Kier alpha value is -2.32. The number of carbonyl (C=O) groups is 2. The fourth-order valence-corrected chi connectivity index (χ4v) is 1.89. The largest absolute Gasteiger partial charge is 0.449 e. The maximum absolute atomic E-state index is 12.1. The van der Waals surface area contributed by atoms with E-state index in [0.29, 0.717) is 10.6 Å². The van der Waals surface area contributed by atoms with Gasteiger partial charge in [0.2, 0.25) is 0 Å². The second kappa shape index (κ2) is 8.51. The van der Waals surface area contributed by atoms with Crippen molar-refractivity contribution >= 4 is 29.6 Å². The third-order valence-corrected chi connectivity index (χ3v) is 4.08. The number of hydrogen-bond donors (Lipinski definition) is 1. The Balaban J connectivity index is 2.66. The van der Waals surface area contributed by atoms with E-state index in [4.69, 9.17) is 16.3 Å². The summed E-state index contributed by atoms with van der Waals surface area (Å²) >= 11 is 5.98. The van der Waals surface area contributed by atoms with E-state index in [1.54, 1.807) is 31.2 Å². The van der Waals surface area contributed by atoms with Crippen LogP contribution in [0.1, 0.15) is 33.3 Å². The zero-order valence-electron chi connectivity index (χ0n) is 14.2. The summed E-state index contributed by atoms with van der Waals surface area (Å²) in [6.07, 6.45) is 1.71. The molecule has 0 fully saturated rings. The third-order valence-electron chi connectivity index (χ3n) is 3.74. The smallest absolute Gasteiger partial charge is 0.331 e. The van der Waals surface area contributed by atoms with Gasteiger partial charge in [-0.1, -0.05) is 43.6 Å². The molecule has 2 atom stereocenters. The van der Waals surface area contributed by atoms with Gasteiger partial charge < -0.3 is 10.1 Å². The highest BCUT2D eigenvalue weighted by Gasteiger charge is 2.32. The van der Waals surface area contributed by atoms with E-state index in [-0.39, 0.29) is 5.92 Å². The van der Waals surface area contributed by atoms with Crippen LogP contribution in [0.25, 0.3) is 6.08 Å². The van der Waals surface area contributed by atoms with E-state index >= 15 is 0 Å². The standard InChI is InChI=1S/C18H21ClN2O3/c1-12(2)18(4,11-20)21-17(23)13(3)24-16(22)10-9-14-7-5-6-8-15(14)19/h5-10,12-13H,1-4H3,(H,21,23). The molecule has 0 aliphatic heterocycles. The van der Waals surface area contributed by atoms with Crippen molar-refractivity contribution in [2.24, 2.45) is 5.92 Å². The lowest BCUT2D eigenvalue weighted by molar-refractivity contribution is -0.150. The topological polar surface area (TPSA) is 79.2 Å². The number of amides is 1. The molecule has 1 aromatic rings. The number of rotatable bonds is 6. The van der Waals surface area contributed by atoms with Crippen LogP contribution in [0, 0.1) is 17.2 Å². The Morgan fingerprint density at radius 1 is 1.33 bits per heavy atom. The van der Waals surface area contributed by atoms with Gasteiger partial charge in [-0.25, -0.2) is 4.79 Å². The first kappa shape index (κ1) is 19.7. The second-order valence-corrected chi connectivity index (χ2v) is 6.30. The number of benzene rings is 1. The summed E-state index contributed by atoms with van der Waals surface area (Å²) in [4.78, 5) is 23.9. The van der Waals surface area contributed by atoms with Gasteiger partial charge in [0.15, 0.2) is 6.10 Å². The lowest BCUT2D eigenvalue weighted by Gasteiger charge is -2.28. The number of nitrogens with one attached hydrogen (secondary N) is 1. The predicted octanol–water partition coefficient (Wildman–Crippen LogP) is 3.34. The molecule has 6 heteroatoms. The zero-order valence-corrected chi connectivity index (χ0v) is 14.9. The summed E-state index contributed by atoms with van der Waals surface area (Å²) in [6.45, 7) is 6.73. The number of ether oxygens (including phenoxy) is 1. The molecule has 0 saturated carbocycles. The van der Waals surface area contributed by atoms with Crippen LogP contribution >= 0.6 is 11.6 Å². The molecule has 1 aromatic carbocycles. The first-order valence-electron chi connectivity index (χ1n) is 7.56. The molecule has 0 aromatic heterocycles. The number of nitriles is 1. The zero-order chi connectivity index (χ0) is 18.3. The Morgan fingerprint density at radius 3 is 2.50 bits per heavy atom. The van der Waals surface area contributed by atoms with Gasteiger partial charge in [0, 0.05) is 11.1 Å². The molecule has 0 aliphatic rings. The predicted molar refractivity (Wildman–Crippen MR) is 93.0 cm³/mol. The Kier molecular flexibility index (Phi) is 6.99. The number of hydrogen-bond acceptors (Lipinski definition) is 4. The molecule has 0 aliphatic carbocycles. The molecule has 0 spiro atoms. The third kappa shape index (κ3) is 5.39. The molecule has 0 radical (unpaired) electrons. The minimum atomic E-state index is -1.02. The average Bonchev–Trinajstić information content (AvgIpc) is 2.53. The van der Waals surface area contributed by atoms with Crippen LogP contribution < -0.4 is 5.32 Å². The van der Waals surface area contributed by atoms with Crippen LogP contribution in [0.5, 0.6) is 0 Å². The molecule has 1 amide bonds. The van der Waals surface area contributed by atoms with Crippen molar-refractivity contribution in [3.8, 4) is 6.07 Å². The molecular formula is C18H21ClN2O3. The SMILES string of the molecule is CC(OC(=O)C=Cc1ccccc1Cl)C(=O)NC(C)(C#N)C(C)C. The van der Waals surface area contributed by atoms with Gasteiger partial charge in [0.25, 0.3) is 5.91 Å². The van der Waals surface area contributed by atoms with Crippen molar-refractivity contribution < 1.29 is 14.3 Å². The number of esters is 1. The first-order valence-corrected chi connectivity index (χ1v) is 7.94. The van der Waals surface area contributed by atoms with Gasteiger partial charge in [-0.3, -0.25) is 4.79 Å². The Morgan fingerprint density at radius 2 is 1.96 bits per heavy atom. The second-order valence-electron chi connectivity index (χ2n) is 5.89. The van der Waals surface area contributed by atoms with E-state index in [1.807, 2.05) is 13.8 Å². The van der Waals surface area contributed by atoms with E-state index in [2.05, 4.69) is 11.4 Å². The average molecular weight is 349 g/mol. The molecular weight excluding hydrogens is 328 g/mol. The number of halogens is 1. The number of carbonyl (C=O) groups excluding carboxylic acids is 2. The molecule has 1 rings (SSSR count). The molecule has 128 valence electrons. The molecule has 1 N–H and O–H groups in total. The van der Waals surface area contributed by atoms with E-state index in [9.17, 15) is 14.9 Å². The van der Waals surface area contributed by atoms with Crippen LogP contribution in [0.2, 0.25) is 5.02 Å². The summed E-state index contributed by atoms with van der Waals surface area (Å²) in [6, 6.07) is 9.10. The van der Waals surface area contributed by atoms with Crippen molar-refractivity contribution in [3.05, 3.63) is 40.9 Å². The quantitative estimate of drug-likeness (QED) is 0.631. The molecule has 24 heavy (non-hydrogen) atoms. The lowest BCUT2D eigenvalue weighted by atomic mass is 9.90. The van der Waals surface area contributed by atoms with Crippen LogP contribution in [-0.2, 0) is 14.3 Å². The van der Waals surface area contributed by atoms with Crippen molar-refractivity contribution in [1.29, 1.82) is 5.26 Å². The normalized spacial score (nSPS) is 14.7. The van der Waals surface area contributed by atoms with Crippen LogP contribution in [0.15, 0.2) is 30.3 Å². The molecule has 2 unspecified atom stereocenters. The minimum Gasteiger partial charge on any atom is -0.449 e. The minimum absolute atomic E-state index is 0.0885. The summed E-state index contributed by atoms with van der Waals surface area (Å²) < 4.78 is 5.05. The monoisotopic (exact) mass is 348 g/mol. The van der Waals surface area contributed by atoms with Crippen molar-refractivity contribution in [2.45, 2.75) is 39.3 Å². The fraction of sp³-hybridized carbons (Fsp3) is 0.389. The summed E-state index contributed by atoms with van der Waals surface area (Å²) in [5.74, 6) is -1.28. The number of nitrogens with zero attached hydrogens (tertiary/aromatic N) is 1. The molecule has 5 nitrogen and oxygen atoms in total. The summed E-state index contributed by atoms with van der Waals surface area (Å²) in [5.41, 5.74) is -0.351. The van der Waals surface area contributed by atoms with Gasteiger partial charge in [0.1, 0.15) is 5.54 Å². The van der Waals surface area contributed by atoms with E-state index in [1.165, 1.54) is 19.1 Å². The van der Waals surface area contributed by atoms with E-state index in [0.717, 1.165) is 0 Å². The Labute approximate surface area is 147 Å². The van der Waals surface area contributed by atoms with Gasteiger partial charge in [-0.15, -0.1) is 0 Å². The van der Waals surface area contributed by atoms with Gasteiger partial charge in [-0.2, -0.15) is 5.26 Å². The fourth-order valence-electron chi connectivity index (χ4n) is 1.69. The maximum Gasteiger partial charge on any atom is 0.331 e. The highest BCUT2D eigenvalue weighted by Crippen LogP contribution is 2.17.